The van der Waals surface area contributed by atoms with Gasteiger partial charge in [0.15, 0.2) is 19.7 Å². The molecule has 9 nitrogen and oxygen atoms in total. The van der Waals surface area contributed by atoms with Crippen molar-refractivity contribution in [2.24, 2.45) is 0 Å². The van der Waals surface area contributed by atoms with Crippen LogP contribution in [0, 0.1) is 0 Å². The highest BCUT2D eigenvalue weighted by Crippen LogP contribution is 2.25. The summed E-state index contributed by atoms with van der Waals surface area (Å²) in [4.78, 5) is 11.2. The maximum atomic E-state index is 11.6. The van der Waals surface area contributed by atoms with E-state index in [0.717, 1.165) is 47.2 Å². The number of benzene rings is 3. The van der Waals surface area contributed by atoms with Crippen LogP contribution in [0.2, 0.25) is 0 Å². The highest BCUT2D eigenvalue weighted by Gasteiger charge is 2.20. The molecular formula is C28H34BN3O6S2. The van der Waals surface area contributed by atoms with Gasteiger partial charge in [0.2, 0.25) is 0 Å². The second-order valence-corrected chi connectivity index (χ2v) is 14.2. The predicted molar refractivity (Wildman–Crippen MR) is 158 cm³/mol. The lowest BCUT2D eigenvalue weighted by atomic mass is 9.81. The number of rotatable bonds is 7. The molecule has 0 saturated carbocycles. The molecular weight excluding hydrogens is 549 g/mol. The van der Waals surface area contributed by atoms with E-state index in [2.05, 4.69) is 22.9 Å². The number of aromatic nitrogens is 2. The third kappa shape index (κ3) is 7.58. The zero-order valence-corrected chi connectivity index (χ0v) is 24.4. The number of sulfone groups is 2. The minimum absolute atomic E-state index is 0.164. The molecule has 1 aliphatic heterocycles. The molecule has 1 atom stereocenters. The molecule has 5 rings (SSSR count). The summed E-state index contributed by atoms with van der Waals surface area (Å²) in [6, 6.07) is 19.2. The molecule has 1 aliphatic rings. The number of hydrogen-bond acceptors (Lipinski definition) is 8. The molecule has 0 radical (unpaired) electrons. The van der Waals surface area contributed by atoms with Crippen LogP contribution in [0.15, 0.2) is 76.5 Å². The van der Waals surface area contributed by atoms with Crippen LogP contribution in [0.4, 0.5) is 0 Å². The lowest BCUT2D eigenvalue weighted by molar-refractivity contribution is 0.271. The van der Waals surface area contributed by atoms with E-state index in [-0.39, 0.29) is 10.4 Å². The average molecular weight is 584 g/mol. The van der Waals surface area contributed by atoms with Gasteiger partial charge in [-0.2, -0.15) is 0 Å². The van der Waals surface area contributed by atoms with Crippen molar-refractivity contribution < 1.29 is 26.9 Å². The Kier molecular flexibility index (Phi) is 9.16. The van der Waals surface area contributed by atoms with Crippen molar-refractivity contribution in [3.63, 3.8) is 0 Å². The van der Waals surface area contributed by atoms with E-state index in [9.17, 15) is 16.8 Å². The van der Waals surface area contributed by atoms with E-state index >= 15 is 0 Å². The lowest BCUT2D eigenvalue weighted by Gasteiger charge is -2.19. The summed E-state index contributed by atoms with van der Waals surface area (Å²) in [5.41, 5.74) is 4.30. The fourth-order valence-electron chi connectivity index (χ4n) is 4.72. The summed E-state index contributed by atoms with van der Waals surface area (Å²) < 4.78 is 45.2. The molecule has 3 N–H and O–H groups in total. The van der Waals surface area contributed by atoms with Crippen LogP contribution in [0.25, 0.3) is 22.2 Å². The number of likely N-dealkylation sites (tertiary alicyclic amines) is 1. The zero-order chi connectivity index (χ0) is 29.1. The predicted octanol–water partition coefficient (Wildman–Crippen LogP) is 2.43. The van der Waals surface area contributed by atoms with E-state index in [0.29, 0.717) is 10.9 Å². The van der Waals surface area contributed by atoms with Crippen molar-refractivity contribution in [2.75, 3.05) is 25.6 Å². The van der Waals surface area contributed by atoms with Crippen molar-refractivity contribution in [1.29, 1.82) is 0 Å². The molecule has 2 heterocycles. The molecule has 1 saturated heterocycles. The van der Waals surface area contributed by atoms with Crippen LogP contribution in [0.3, 0.4) is 0 Å². The van der Waals surface area contributed by atoms with E-state index in [1.54, 1.807) is 12.1 Å². The maximum absolute atomic E-state index is 11.6. The molecule has 1 fully saturated rings. The molecule has 212 valence electrons. The fraction of sp³-hybridized carbons (Fsp3) is 0.321. The first-order chi connectivity index (χ1) is 18.8. The minimum Gasteiger partial charge on any atom is -0.423 e. The Labute approximate surface area is 235 Å². The van der Waals surface area contributed by atoms with Crippen LogP contribution in [0.1, 0.15) is 25.6 Å². The SMILES string of the molecule is CS(=O)(=O)c1ccc(B(O)O)cc1.C[C@@H]1CCCN1CCc1nc2ccc(-c3ccc(S(C)(=O)=O)cc3)cc2[nH]1. The summed E-state index contributed by atoms with van der Waals surface area (Å²) >= 11 is 0. The average Bonchev–Trinajstić information content (AvgIpc) is 3.51. The molecule has 0 spiro atoms. The third-order valence-corrected chi connectivity index (χ3v) is 9.34. The molecule has 0 aliphatic carbocycles. The molecule has 1 aromatic heterocycles. The van der Waals surface area contributed by atoms with Gasteiger partial charge in [-0.3, -0.25) is 0 Å². The Hall–Kier alpha value is -3.03. The van der Waals surface area contributed by atoms with Gasteiger partial charge >= 0.3 is 7.12 Å². The first kappa shape index (κ1) is 29.9. The topological polar surface area (TPSA) is 141 Å². The highest BCUT2D eigenvalue weighted by molar-refractivity contribution is 7.91. The Bertz CT molecular complexity index is 1670. The normalized spacial score (nSPS) is 16.1. The summed E-state index contributed by atoms with van der Waals surface area (Å²) in [7, 11) is -7.94. The molecule has 0 amide bonds. The lowest BCUT2D eigenvalue weighted by Crippen LogP contribution is -2.29. The Balaban J connectivity index is 0.000000240. The third-order valence-electron chi connectivity index (χ3n) is 7.08. The molecule has 0 bridgehead atoms. The zero-order valence-electron chi connectivity index (χ0n) is 22.8. The van der Waals surface area contributed by atoms with Gasteiger partial charge in [0.05, 0.1) is 20.8 Å². The van der Waals surface area contributed by atoms with Gasteiger partial charge in [0.1, 0.15) is 5.82 Å². The molecule has 40 heavy (non-hydrogen) atoms. The Morgan fingerprint density at radius 2 is 1.48 bits per heavy atom. The number of hydrogen-bond donors (Lipinski definition) is 3. The van der Waals surface area contributed by atoms with E-state index in [1.165, 1.54) is 49.9 Å². The van der Waals surface area contributed by atoms with Crippen molar-refractivity contribution in [3.8, 4) is 11.1 Å². The standard InChI is InChI=1S/C21H25N3O2S.C7H9BO4S/c1-15-4-3-12-24(15)13-11-21-22-19-10-7-17(14-20(19)23-21)16-5-8-18(9-6-16)27(2,25)26;1-13(11,12)7-4-2-6(3-5-7)8(9)10/h5-10,14-15H,3-4,11-13H2,1-2H3,(H,22,23);2-5,9-10H,1H3/t15-;/m1./s1. The summed E-state index contributed by atoms with van der Waals surface area (Å²) in [6.45, 7) is 4.53. The number of imidazole rings is 1. The van der Waals surface area contributed by atoms with E-state index in [1.807, 2.05) is 24.3 Å². The van der Waals surface area contributed by atoms with Gasteiger partial charge in [-0.25, -0.2) is 21.8 Å². The van der Waals surface area contributed by atoms with Crippen molar-refractivity contribution in [1.82, 2.24) is 14.9 Å². The van der Waals surface area contributed by atoms with E-state index in [4.69, 9.17) is 15.0 Å². The van der Waals surface area contributed by atoms with Gasteiger partial charge in [-0.15, -0.1) is 0 Å². The monoisotopic (exact) mass is 583 g/mol. The van der Waals surface area contributed by atoms with Crippen LogP contribution < -0.4 is 5.46 Å². The van der Waals surface area contributed by atoms with Crippen molar-refractivity contribution >= 4 is 43.3 Å². The molecule has 4 aromatic rings. The Morgan fingerprint density at radius 1 is 0.900 bits per heavy atom. The van der Waals surface area contributed by atoms with Gasteiger partial charge in [-0.1, -0.05) is 30.3 Å². The van der Waals surface area contributed by atoms with Gasteiger partial charge < -0.3 is 19.9 Å². The second kappa shape index (κ2) is 12.2. The quantitative estimate of drug-likeness (QED) is 0.282. The molecule has 0 unspecified atom stereocenters. The second-order valence-electron chi connectivity index (χ2n) is 10.2. The van der Waals surface area contributed by atoms with E-state index < -0.39 is 26.8 Å². The maximum Gasteiger partial charge on any atom is 0.488 e. The van der Waals surface area contributed by atoms with Gasteiger partial charge in [0.25, 0.3) is 0 Å². The van der Waals surface area contributed by atoms with Crippen LogP contribution in [-0.4, -0.2) is 80.5 Å². The van der Waals surface area contributed by atoms with Crippen LogP contribution >= 0.6 is 0 Å². The first-order valence-electron chi connectivity index (χ1n) is 13.0. The van der Waals surface area contributed by atoms with Crippen molar-refractivity contribution in [2.45, 2.75) is 42.0 Å². The molecule has 3 aromatic carbocycles. The number of nitrogens with zero attached hydrogens (tertiary/aromatic N) is 2. The van der Waals surface area contributed by atoms with Crippen LogP contribution in [-0.2, 0) is 26.1 Å². The molecule has 12 heteroatoms. The van der Waals surface area contributed by atoms with Crippen LogP contribution in [0.5, 0.6) is 0 Å². The minimum atomic E-state index is -3.21. The summed E-state index contributed by atoms with van der Waals surface area (Å²) in [6.07, 6.45) is 5.84. The smallest absolute Gasteiger partial charge is 0.423 e. The summed E-state index contributed by atoms with van der Waals surface area (Å²) in [5.74, 6) is 1.02. The van der Waals surface area contributed by atoms with Gasteiger partial charge in [0, 0.05) is 31.5 Å². The Morgan fingerprint density at radius 3 is 2.00 bits per heavy atom. The number of nitrogens with one attached hydrogen (secondary N) is 1. The largest absolute Gasteiger partial charge is 0.488 e. The number of H-pyrrole nitrogens is 1. The first-order valence-corrected chi connectivity index (χ1v) is 16.8. The number of fused-ring (bicyclic) bond motifs is 1. The van der Waals surface area contributed by atoms with Gasteiger partial charge in [-0.05, 0) is 79.3 Å². The summed E-state index contributed by atoms with van der Waals surface area (Å²) in [5, 5.41) is 17.4. The number of aromatic amines is 1. The fourth-order valence-corrected chi connectivity index (χ4v) is 5.98. The highest BCUT2D eigenvalue weighted by atomic mass is 32.2. The van der Waals surface area contributed by atoms with Crippen molar-refractivity contribution in [3.05, 3.63) is 72.6 Å².